The maximum atomic E-state index is 11.1. The molecule has 1 aromatic rings. The lowest BCUT2D eigenvalue weighted by molar-refractivity contribution is -0.137. The molecule has 0 fully saturated rings. The van der Waals surface area contributed by atoms with Crippen molar-refractivity contribution in [1.82, 2.24) is 0 Å². The van der Waals surface area contributed by atoms with Crippen molar-refractivity contribution in [3.63, 3.8) is 0 Å². The summed E-state index contributed by atoms with van der Waals surface area (Å²) in [4.78, 5) is 11.1. The number of esters is 1. The second-order valence-corrected chi connectivity index (χ2v) is 5.42. The topological polar surface area (TPSA) is 52.3 Å². The summed E-state index contributed by atoms with van der Waals surface area (Å²) >= 11 is 1.60. The van der Waals surface area contributed by atoms with Crippen molar-refractivity contribution in [3.05, 3.63) is 35.4 Å². The summed E-state index contributed by atoms with van der Waals surface area (Å²) in [5, 5.41) is 0.309. The van der Waals surface area contributed by atoms with Crippen LogP contribution >= 0.6 is 11.8 Å². The second kappa shape index (κ2) is 5.56. The van der Waals surface area contributed by atoms with E-state index >= 15 is 0 Å². The first kappa shape index (κ1) is 12.5. The molecule has 0 saturated heterocycles. The number of carbonyl (C=O) groups is 1. The van der Waals surface area contributed by atoms with Gasteiger partial charge in [-0.15, -0.1) is 11.8 Å². The molecule has 1 aliphatic carbocycles. The first-order valence-electron chi connectivity index (χ1n) is 5.74. The molecule has 0 bridgehead atoms. The third-order valence-electron chi connectivity index (χ3n) is 3.16. The van der Waals surface area contributed by atoms with E-state index in [2.05, 4.69) is 16.9 Å². The lowest BCUT2D eigenvalue weighted by Gasteiger charge is -2.30. The lowest BCUT2D eigenvalue weighted by atomic mass is 9.88. The minimum absolute atomic E-state index is 0.0228. The Labute approximate surface area is 106 Å². The Kier molecular flexibility index (Phi) is 4.07. The van der Waals surface area contributed by atoms with Crippen LogP contribution in [0.3, 0.4) is 0 Å². The summed E-state index contributed by atoms with van der Waals surface area (Å²) in [6, 6.07) is 8.32. The van der Waals surface area contributed by atoms with Crippen LogP contribution in [0.25, 0.3) is 0 Å². The van der Waals surface area contributed by atoms with Crippen molar-refractivity contribution in [2.75, 3.05) is 12.9 Å². The van der Waals surface area contributed by atoms with E-state index in [0.29, 0.717) is 11.0 Å². The normalized spacial score (nSPS) is 22.9. The number of nitrogens with two attached hydrogens (primary N) is 1. The number of rotatable bonds is 3. The molecule has 2 unspecified atom stereocenters. The number of fused-ring (bicyclic) bond motifs is 1. The Bertz CT molecular complexity index is 408. The Balaban J connectivity index is 2.02. The number of methoxy groups -OCH3 is 1. The molecule has 1 aliphatic rings. The zero-order chi connectivity index (χ0) is 12.3. The first-order chi connectivity index (χ1) is 8.22. The van der Waals surface area contributed by atoms with Crippen LogP contribution in [0.2, 0.25) is 0 Å². The summed E-state index contributed by atoms with van der Waals surface area (Å²) in [5.74, 6) is 0.206. The highest BCUT2D eigenvalue weighted by molar-refractivity contribution is 8.00. The van der Waals surface area contributed by atoms with Crippen LogP contribution in [0.15, 0.2) is 24.3 Å². The zero-order valence-corrected chi connectivity index (χ0v) is 10.7. The van der Waals surface area contributed by atoms with Crippen molar-refractivity contribution >= 4 is 17.7 Å². The van der Waals surface area contributed by atoms with E-state index in [4.69, 9.17) is 5.73 Å². The molecule has 2 atom stereocenters. The summed E-state index contributed by atoms with van der Waals surface area (Å²) < 4.78 is 4.65. The molecule has 0 radical (unpaired) electrons. The SMILES string of the molecule is COC(=O)CSC1CCc2ccccc2C1N. The molecule has 0 heterocycles. The standard InChI is InChI=1S/C13H17NO2S/c1-16-12(15)8-17-11-7-6-9-4-2-3-5-10(9)13(11)14/h2-5,11,13H,6-8,14H2,1H3. The molecule has 4 heteroatoms. The van der Waals surface area contributed by atoms with E-state index in [-0.39, 0.29) is 12.0 Å². The third-order valence-corrected chi connectivity index (χ3v) is 4.52. The van der Waals surface area contributed by atoms with Crippen LogP contribution in [0, 0.1) is 0 Å². The zero-order valence-electron chi connectivity index (χ0n) is 9.89. The lowest BCUT2D eigenvalue weighted by Crippen LogP contribution is -2.30. The van der Waals surface area contributed by atoms with Crippen molar-refractivity contribution in [2.45, 2.75) is 24.1 Å². The minimum Gasteiger partial charge on any atom is -0.468 e. The number of hydrogen-bond donors (Lipinski definition) is 1. The van der Waals surface area contributed by atoms with Crippen LogP contribution in [0.5, 0.6) is 0 Å². The van der Waals surface area contributed by atoms with Crippen LogP contribution in [0.1, 0.15) is 23.6 Å². The quantitative estimate of drug-likeness (QED) is 0.834. The van der Waals surface area contributed by atoms with Gasteiger partial charge in [-0.2, -0.15) is 0 Å². The largest absolute Gasteiger partial charge is 0.468 e. The van der Waals surface area contributed by atoms with Crippen molar-refractivity contribution in [3.8, 4) is 0 Å². The molecule has 0 aromatic heterocycles. The molecule has 1 aromatic carbocycles. The van der Waals surface area contributed by atoms with E-state index in [1.807, 2.05) is 12.1 Å². The van der Waals surface area contributed by atoms with Gasteiger partial charge in [-0.1, -0.05) is 24.3 Å². The minimum atomic E-state index is -0.180. The van der Waals surface area contributed by atoms with Crippen LogP contribution < -0.4 is 5.73 Å². The van der Waals surface area contributed by atoms with Crippen molar-refractivity contribution < 1.29 is 9.53 Å². The predicted octanol–water partition coefficient (Wildman–Crippen LogP) is 1.91. The van der Waals surface area contributed by atoms with Gasteiger partial charge in [0.1, 0.15) is 0 Å². The molecule has 2 rings (SSSR count). The molecule has 2 N–H and O–H groups in total. The smallest absolute Gasteiger partial charge is 0.315 e. The van der Waals surface area contributed by atoms with E-state index < -0.39 is 0 Å². The summed E-state index contributed by atoms with van der Waals surface area (Å²) in [6.07, 6.45) is 2.07. The Morgan fingerprint density at radius 3 is 3.06 bits per heavy atom. The Morgan fingerprint density at radius 2 is 2.29 bits per heavy atom. The van der Waals surface area contributed by atoms with Crippen LogP contribution in [-0.2, 0) is 16.0 Å². The van der Waals surface area contributed by atoms with Gasteiger partial charge in [0.25, 0.3) is 0 Å². The maximum Gasteiger partial charge on any atom is 0.315 e. The maximum absolute atomic E-state index is 11.1. The Morgan fingerprint density at radius 1 is 1.53 bits per heavy atom. The van der Waals surface area contributed by atoms with E-state index in [0.717, 1.165) is 12.8 Å². The van der Waals surface area contributed by atoms with Gasteiger partial charge in [-0.3, -0.25) is 4.79 Å². The van der Waals surface area contributed by atoms with Gasteiger partial charge in [0, 0.05) is 11.3 Å². The van der Waals surface area contributed by atoms with Gasteiger partial charge in [0.05, 0.1) is 12.9 Å². The average molecular weight is 251 g/mol. The van der Waals surface area contributed by atoms with E-state index in [9.17, 15) is 4.79 Å². The van der Waals surface area contributed by atoms with Gasteiger partial charge in [-0.05, 0) is 24.0 Å². The summed E-state index contributed by atoms with van der Waals surface area (Å²) in [5.41, 5.74) is 8.81. The molecule has 92 valence electrons. The number of thioether (sulfide) groups is 1. The van der Waals surface area contributed by atoms with Crippen LogP contribution in [0.4, 0.5) is 0 Å². The molecular weight excluding hydrogens is 234 g/mol. The molecule has 0 aliphatic heterocycles. The van der Waals surface area contributed by atoms with Crippen molar-refractivity contribution in [1.29, 1.82) is 0 Å². The van der Waals surface area contributed by atoms with Gasteiger partial charge in [0.15, 0.2) is 0 Å². The molecule has 0 saturated carbocycles. The highest BCUT2D eigenvalue weighted by atomic mass is 32.2. The number of carbonyl (C=O) groups excluding carboxylic acids is 1. The number of aryl methyl sites for hydroxylation is 1. The second-order valence-electron chi connectivity index (χ2n) is 4.19. The average Bonchev–Trinajstić information content (AvgIpc) is 2.38. The summed E-state index contributed by atoms with van der Waals surface area (Å²) in [7, 11) is 1.42. The number of benzene rings is 1. The van der Waals surface area contributed by atoms with Gasteiger partial charge in [-0.25, -0.2) is 0 Å². The van der Waals surface area contributed by atoms with Gasteiger partial charge in [0.2, 0.25) is 0 Å². The fraction of sp³-hybridized carbons (Fsp3) is 0.462. The van der Waals surface area contributed by atoms with E-state index in [1.165, 1.54) is 18.2 Å². The fourth-order valence-electron chi connectivity index (χ4n) is 2.19. The van der Waals surface area contributed by atoms with E-state index in [1.54, 1.807) is 11.8 Å². The molecule has 0 spiro atoms. The highest BCUT2D eigenvalue weighted by Gasteiger charge is 2.27. The predicted molar refractivity (Wildman–Crippen MR) is 70.0 cm³/mol. The molecule has 17 heavy (non-hydrogen) atoms. The molecule has 0 amide bonds. The Hall–Kier alpha value is -1.00. The fourth-order valence-corrected chi connectivity index (χ4v) is 3.29. The molecule has 3 nitrogen and oxygen atoms in total. The summed E-state index contributed by atoms with van der Waals surface area (Å²) in [6.45, 7) is 0. The molecular formula is C13H17NO2S. The van der Waals surface area contributed by atoms with Crippen molar-refractivity contribution in [2.24, 2.45) is 5.73 Å². The number of hydrogen-bond acceptors (Lipinski definition) is 4. The van der Waals surface area contributed by atoms with Gasteiger partial charge < -0.3 is 10.5 Å². The highest BCUT2D eigenvalue weighted by Crippen LogP contribution is 2.35. The number of ether oxygens (including phenoxy) is 1. The third kappa shape index (κ3) is 2.82. The van der Waals surface area contributed by atoms with Gasteiger partial charge >= 0.3 is 5.97 Å². The van der Waals surface area contributed by atoms with Crippen LogP contribution in [-0.4, -0.2) is 24.1 Å². The first-order valence-corrected chi connectivity index (χ1v) is 6.79. The monoisotopic (exact) mass is 251 g/mol.